The largest absolute Gasteiger partial charge is 0.401 e. The number of fused-ring (bicyclic) bond motifs is 1. The van der Waals surface area contributed by atoms with Gasteiger partial charge in [0.15, 0.2) is 0 Å². The molecule has 3 heterocycles. The Morgan fingerprint density at radius 2 is 1.90 bits per heavy atom. The maximum Gasteiger partial charge on any atom is 0.401 e. The van der Waals surface area contributed by atoms with Crippen LogP contribution in [0.25, 0.3) is 0 Å². The van der Waals surface area contributed by atoms with E-state index in [2.05, 4.69) is 0 Å². The molecule has 0 aromatic heterocycles. The van der Waals surface area contributed by atoms with Crippen LogP contribution < -0.4 is 0 Å². The Morgan fingerprint density at radius 3 is 2.55 bits per heavy atom. The van der Waals surface area contributed by atoms with Gasteiger partial charge < -0.3 is 4.90 Å². The van der Waals surface area contributed by atoms with E-state index in [1.165, 1.54) is 9.80 Å². The fourth-order valence-corrected chi connectivity index (χ4v) is 3.40. The van der Waals surface area contributed by atoms with Gasteiger partial charge in [-0.25, -0.2) is 4.79 Å². The second kappa shape index (κ2) is 4.61. The van der Waals surface area contributed by atoms with Gasteiger partial charge in [0.2, 0.25) is 0 Å². The zero-order chi connectivity index (χ0) is 14.5. The minimum Gasteiger partial charge on any atom is -0.312 e. The molecular formula is C12H16F3N3O2. The van der Waals surface area contributed by atoms with Crippen LogP contribution in [-0.2, 0) is 4.79 Å². The van der Waals surface area contributed by atoms with Crippen molar-refractivity contribution in [3.8, 4) is 0 Å². The Balaban J connectivity index is 1.66. The first-order valence-electron chi connectivity index (χ1n) is 6.79. The zero-order valence-electron chi connectivity index (χ0n) is 10.9. The van der Waals surface area contributed by atoms with E-state index in [9.17, 15) is 22.8 Å². The van der Waals surface area contributed by atoms with Gasteiger partial charge in [0, 0.05) is 19.6 Å². The van der Waals surface area contributed by atoms with E-state index in [1.54, 1.807) is 4.90 Å². The molecule has 5 nitrogen and oxygen atoms in total. The van der Waals surface area contributed by atoms with E-state index in [4.69, 9.17) is 0 Å². The SMILES string of the molecule is O=C1[C@@H]2CCCN2C(=O)N1[C@H]1CCN(CC(F)(F)F)C1. The molecule has 0 radical (unpaired) electrons. The molecule has 3 fully saturated rings. The van der Waals surface area contributed by atoms with Gasteiger partial charge in [-0.3, -0.25) is 14.6 Å². The molecule has 0 unspecified atom stereocenters. The van der Waals surface area contributed by atoms with Crippen molar-refractivity contribution in [2.75, 3.05) is 26.2 Å². The molecule has 3 rings (SSSR count). The molecule has 0 aromatic carbocycles. The second-order valence-corrected chi connectivity index (χ2v) is 5.64. The van der Waals surface area contributed by atoms with Gasteiger partial charge in [0.05, 0.1) is 12.6 Å². The number of nitrogens with zero attached hydrogens (tertiary/aromatic N) is 3. The van der Waals surface area contributed by atoms with Crippen molar-refractivity contribution in [3.63, 3.8) is 0 Å². The van der Waals surface area contributed by atoms with Crippen molar-refractivity contribution < 1.29 is 22.8 Å². The third kappa shape index (κ3) is 2.25. The molecule has 0 aliphatic carbocycles. The molecule has 0 aromatic rings. The maximum atomic E-state index is 12.4. The molecule has 0 bridgehead atoms. The lowest BCUT2D eigenvalue weighted by atomic mass is 10.2. The van der Waals surface area contributed by atoms with Gasteiger partial charge >= 0.3 is 12.2 Å². The van der Waals surface area contributed by atoms with E-state index in [0.717, 1.165) is 6.42 Å². The number of rotatable bonds is 2. The molecule has 0 saturated carbocycles. The summed E-state index contributed by atoms with van der Waals surface area (Å²) in [6, 6.07) is -1.11. The first-order valence-corrected chi connectivity index (χ1v) is 6.79. The normalized spacial score (nSPS) is 31.6. The highest BCUT2D eigenvalue weighted by molar-refractivity contribution is 6.05. The topological polar surface area (TPSA) is 43.9 Å². The monoisotopic (exact) mass is 291 g/mol. The number of halogens is 3. The molecule has 0 N–H and O–H groups in total. The lowest BCUT2D eigenvalue weighted by Crippen LogP contribution is -2.44. The maximum absolute atomic E-state index is 12.4. The number of amides is 3. The van der Waals surface area contributed by atoms with E-state index in [1.807, 2.05) is 0 Å². The molecular weight excluding hydrogens is 275 g/mol. The standard InChI is InChI=1S/C12H16F3N3O2/c13-12(14,15)7-16-5-3-8(6-16)18-10(19)9-2-1-4-17(9)11(18)20/h8-9H,1-7H2/t8-,9-/m0/s1. The van der Waals surface area contributed by atoms with Crippen molar-refractivity contribution in [1.82, 2.24) is 14.7 Å². The predicted molar refractivity (Wildman–Crippen MR) is 62.9 cm³/mol. The summed E-state index contributed by atoms with van der Waals surface area (Å²) >= 11 is 0. The molecule has 0 spiro atoms. The summed E-state index contributed by atoms with van der Waals surface area (Å²) < 4.78 is 37.1. The summed E-state index contributed by atoms with van der Waals surface area (Å²) in [6.45, 7) is -0.0129. The van der Waals surface area contributed by atoms with Crippen molar-refractivity contribution in [3.05, 3.63) is 0 Å². The van der Waals surface area contributed by atoms with Gasteiger partial charge in [-0.2, -0.15) is 13.2 Å². The minimum absolute atomic E-state index is 0.123. The first-order chi connectivity index (χ1) is 9.37. The van der Waals surface area contributed by atoms with Crippen LogP contribution in [0.3, 0.4) is 0 Å². The number of imide groups is 1. The van der Waals surface area contributed by atoms with Crippen LogP contribution in [-0.4, -0.2) is 71.1 Å². The Morgan fingerprint density at radius 1 is 1.15 bits per heavy atom. The van der Waals surface area contributed by atoms with Crippen LogP contribution in [0, 0.1) is 0 Å². The first kappa shape index (κ1) is 13.7. The average Bonchev–Trinajstić information content (AvgIpc) is 2.98. The van der Waals surface area contributed by atoms with Crippen LogP contribution in [0.4, 0.5) is 18.0 Å². The summed E-state index contributed by atoms with van der Waals surface area (Å²) in [5.41, 5.74) is 0. The molecule has 2 atom stereocenters. The molecule has 112 valence electrons. The van der Waals surface area contributed by atoms with Crippen LogP contribution in [0.2, 0.25) is 0 Å². The number of urea groups is 1. The number of likely N-dealkylation sites (tertiary alicyclic amines) is 1. The lowest BCUT2D eigenvalue weighted by Gasteiger charge is -2.23. The van der Waals surface area contributed by atoms with Crippen molar-refractivity contribution in [2.45, 2.75) is 37.5 Å². The van der Waals surface area contributed by atoms with E-state index < -0.39 is 18.8 Å². The van der Waals surface area contributed by atoms with Gasteiger partial charge in [0.25, 0.3) is 5.91 Å². The van der Waals surface area contributed by atoms with Gasteiger partial charge in [-0.15, -0.1) is 0 Å². The molecule has 3 saturated heterocycles. The number of hydrogen-bond donors (Lipinski definition) is 0. The zero-order valence-corrected chi connectivity index (χ0v) is 10.9. The summed E-state index contributed by atoms with van der Waals surface area (Å²) in [4.78, 5) is 28.4. The fraction of sp³-hybridized carbons (Fsp3) is 0.833. The van der Waals surface area contributed by atoms with Gasteiger partial charge in [0.1, 0.15) is 6.04 Å². The van der Waals surface area contributed by atoms with Crippen molar-refractivity contribution in [2.24, 2.45) is 0 Å². The van der Waals surface area contributed by atoms with Crippen LogP contribution in [0.15, 0.2) is 0 Å². The highest BCUT2D eigenvalue weighted by Gasteiger charge is 2.51. The number of carbonyl (C=O) groups excluding carboxylic acids is 2. The van der Waals surface area contributed by atoms with E-state index in [-0.39, 0.29) is 31.1 Å². The number of carbonyl (C=O) groups is 2. The highest BCUT2D eigenvalue weighted by atomic mass is 19.4. The summed E-state index contributed by atoms with van der Waals surface area (Å²) in [6.07, 6.45) is -2.33. The van der Waals surface area contributed by atoms with Crippen LogP contribution in [0.5, 0.6) is 0 Å². The summed E-state index contributed by atoms with van der Waals surface area (Å²) in [5.74, 6) is -0.230. The summed E-state index contributed by atoms with van der Waals surface area (Å²) in [7, 11) is 0. The van der Waals surface area contributed by atoms with Crippen LogP contribution >= 0.6 is 0 Å². The second-order valence-electron chi connectivity index (χ2n) is 5.64. The van der Waals surface area contributed by atoms with Gasteiger partial charge in [-0.1, -0.05) is 0 Å². The molecule has 3 amide bonds. The minimum atomic E-state index is -4.24. The molecule has 8 heteroatoms. The number of alkyl halides is 3. The highest BCUT2D eigenvalue weighted by Crippen LogP contribution is 2.31. The van der Waals surface area contributed by atoms with Crippen LogP contribution in [0.1, 0.15) is 19.3 Å². The Kier molecular flexibility index (Phi) is 3.15. The van der Waals surface area contributed by atoms with E-state index >= 15 is 0 Å². The Labute approximate surface area is 114 Å². The molecule has 3 aliphatic rings. The van der Waals surface area contributed by atoms with Gasteiger partial charge in [-0.05, 0) is 19.3 Å². The third-order valence-corrected chi connectivity index (χ3v) is 4.24. The fourth-order valence-electron chi connectivity index (χ4n) is 3.40. The number of hydrogen-bond acceptors (Lipinski definition) is 3. The lowest BCUT2D eigenvalue weighted by molar-refractivity contribution is -0.143. The smallest absolute Gasteiger partial charge is 0.312 e. The Bertz CT molecular complexity index is 418. The predicted octanol–water partition coefficient (Wildman–Crippen LogP) is 1.05. The third-order valence-electron chi connectivity index (χ3n) is 4.24. The van der Waals surface area contributed by atoms with Crippen molar-refractivity contribution >= 4 is 11.9 Å². The quantitative estimate of drug-likeness (QED) is 0.714. The van der Waals surface area contributed by atoms with E-state index in [0.29, 0.717) is 19.4 Å². The molecule has 3 aliphatic heterocycles. The summed E-state index contributed by atoms with van der Waals surface area (Å²) in [5, 5.41) is 0. The average molecular weight is 291 g/mol. The van der Waals surface area contributed by atoms with Crippen molar-refractivity contribution in [1.29, 1.82) is 0 Å². The Hall–Kier alpha value is -1.31. The molecule has 20 heavy (non-hydrogen) atoms.